The summed E-state index contributed by atoms with van der Waals surface area (Å²) in [6, 6.07) is 4.86. The van der Waals surface area contributed by atoms with Crippen LogP contribution in [0.4, 0.5) is 0 Å². The van der Waals surface area contributed by atoms with Crippen molar-refractivity contribution in [3.8, 4) is 0 Å². The van der Waals surface area contributed by atoms with E-state index in [1.165, 1.54) is 12.1 Å². The average Bonchev–Trinajstić information content (AvgIpc) is 2.34. The topological polar surface area (TPSA) is 106 Å². The molecule has 0 saturated heterocycles. The monoisotopic (exact) mass is 375 g/mol. The molecule has 0 aliphatic rings. The molecule has 120 valence electrons. The number of hydrogen-bond acceptors (Lipinski definition) is 6. The van der Waals surface area contributed by atoms with E-state index >= 15 is 0 Å². The van der Waals surface area contributed by atoms with Crippen LogP contribution in [0.25, 0.3) is 0 Å². The van der Waals surface area contributed by atoms with Crippen LogP contribution in [0.15, 0.2) is 34.1 Å². The molecule has 0 aliphatic heterocycles. The van der Waals surface area contributed by atoms with Crippen LogP contribution in [0.5, 0.6) is 0 Å². The summed E-state index contributed by atoms with van der Waals surface area (Å²) in [5.74, 6) is -0.376. The fourth-order valence-electron chi connectivity index (χ4n) is 1.45. The molecule has 1 rings (SSSR count). The second kappa shape index (κ2) is 6.21. The maximum Gasteiger partial charge on any atom is 0.262 e. The standard InChI is InChI=1S/C10H14ClNO6S3/c1-12(7-8-19(2,13)14)21(17,18)10-6-4-3-5-9(10)20(11,15)16/h3-6H,7-8H2,1-2H3. The normalized spacial score (nSPS) is 13.5. The summed E-state index contributed by atoms with van der Waals surface area (Å²) >= 11 is 0. The number of sulfonamides is 1. The molecule has 0 radical (unpaired) electrons. The van der Waals surface area contributed by atoms with Crippen LogP contribution < -0.4 is 0 Å². The lowest BCUT2D eigenvalue weighted by Gasteiger charge is -2.18. The first-order valence-corrected chi connectivity index (χ1v) is 11.3. The van der Waals surface area contributed by atoms with Gasteiger partial charge in [-0.05, 0) is 12.1 Å². The molecule has 0 aliphatic carbocycles. The van der Waals surface area contributed by atoms with Crippen molar-refractivity contribution in [2.24, 2.45) is 0 Å². The number of nitrogens with zero attached hydrogens (tertiary/aromatic N) is 1. The molecule has 21 heavy (non-hydrogen) atoms. The molecule has 0 N–H and O–H groups in total. The van der Waals surface area contributed by atoms with Gasteiger partial charge in [-0.15, -0.1) is 0 Å². The molecule has 0 unspecified atom stereocenters. The maximum absolute atomic E-state index is 12.3. The van der Waals surface area contributed by atoms with Crippen LogP contribution in [0.1, 0.15) is 0 Å². The quantitative estimate of drug-likeness (QED) is 0.661. The Morgan fingerprint density at radius 2 is 1.48 bits per heavy atom. The van der Waals surface area contributed by atoms with Gasteiger partial charge in [0.05, 0.1) is 5.75 Å². The largest absolute Gasteiger partial charge is 0.262 e. The van der Waals surface area contributed by atoms with E-state index < -0.39 is 38.7 Å². The van der Waals surface area contributed by atoms with Gasteiger partial charge >= 0.3 is 0 Å². The highest BCUT2D eigenvalue weighted by molar-refractivity contribution is 8.14. The zero-order chi connectivity index (χ0) is 16.5. The van der Waals surface area contributed by atoms with Gasteiger partial charge in [0.15, 0.2) is 0 Å². The minimum Gasteiger partial charge on any atom is -0.229 e. The zero-order valence-corrected chi connectivity index (χ0v) is 14.4. The van der Waals surface area contributed by atoms with Crippen LogP contribution in [-0.4, -0.2) is 55.2 Å². The Labute approximate surface area is 128 Å². The minimum atomic E-state index is -4.25. The molecule has 1 aromatic carbocycles. The lowest BCUT2D eigenvalue weighted by Crippen LogP contribution is -2.32. The first-order valence-electron chi connectivity index (χ1n) is 5.53. The summed E-state index contributed by atoms with van der Waals surface area (Å²) in [6.45, 7) is -0.294. The molecule has 0 saturated carbocycles. The Morgan fingerprint density at radius 1 is 1.00 bits per heavy atom. The summed E-state index contributed by atoms with van der Waals surface area (Å²) in [6.07, 6.45) is 0.977. The molecular weight excluding hydrogens is 362 g/mol. The molecule has 0 aromatic heterocycles. The third kappa shape index (κ3) is 4.92. The second-order valence-electron chi connectivity index (χ2n) is 4.34. The fourth-order valence-corrected chi connectivity index (χ4v) is 5.14. The second-order valence-corrected chi connectivity index (χ2v) is 11.1. The number of benzene rings is 1. The highest BCUT2D eigenvalue weighted by atomic mass is 35.7. The van der Waals surface area contributed by atoms with Crippen LogP contribution in [0, 0.1) is 0 Å². The fraction of sp³-hybridized carbons (Fsp3) is 0.400. The van der Waals surface area contributed by atoms with Crippen LogP contribution in [0.3, 0.4) is 0 Å². The van der Waals surface area contributed by atoms with Gasteiger partial charge in [-0.2, -0.15) is 4.31 Å². The van der Waals surface area contributed by atoms with E-state index in [-0.39, 0.29) is 12.3 Å². The van der Waals surface area contributed by atoms with E-state index in [9.17, 15) is 25.3 Å². The van der Waals surface area contributed by atoms with Gasteiger partial charge in [0, 0.05) is 30.5 Å². The lowest BCUT2D eigenvalue weighted by atomic mass is 10.4. The molecule has 0 fully saturated rings. The molecule has 0 amide bonds. The average molecular weight is 376 g/mol. The van der Waals surface area contributed by atoms with Crippen LogP contribution >= 0.6 is 10.7 Å². The van der Waals surface area contributed by atoms with E-state index in [1.54, 1.807) is 0 Å². The lowest BCUT2D eigenvalue weighted by molar-refractivity contribution is 0.482. The van der Waals surface area contributed by atoms with Gasteiger partial charge in [0.2, 0.25) is 10.0 Å². The molecule has 11 heteroatoms. The van der Waals surface area contributed by atoms with E-state index in [0.717, 1.165) is 29.7 Å². The van der Waals surface area contributed by atoms with Crippen molar-refractivity contribution in [1.29, 1.82) is 0 Å². The van der Waals surface area contributed by atoms with Crippen molar-refractivity contribution in [1.82, 2.24) is 4.31 Å². The Morgan fingerprint density at radius 3 is 1.90 bits per heavy atom. The Bertz CT molecular complexity index is 829. The molecule has 0 heterocycles. The molecule has 0 atom stereocenters. The van der Waals surface area contributed by atoms with Gasteiger partial charge in [0.25, 0.3) is 9.05 Å². The first kappa shape index (κ1) is 18.4. The summed E-state index contributed by atoms with van der Waals surface area (Å²) < 4.78 is 70.4. The third-order valence-electron chi connectivity index (χ3n) is 2.58. The van der Waals surface area contributed by atoms with Crippen molar-refractivity contribution in [3.63, 3.8) is 0 Å². The number of sulfone groups is 1. The van der Waals surface area contributed by atoms with Crippen LogP contribution in [-0.2, 0) is 28.9 Å². The Balaban J connectivity index is 3.27. The third-order valence-corrected chi connectivity index (χ3v) is 6.93. The van der Waals surface area contributed by atoms with Crippen molar-refractivity contribution in [3.05, 3.63) is 24.3 Å². The highest BCUT2D eigenvalue weighted by Gasteiger charge is 2.28. The highest BCUT2D eigenvalue weighted by Crippen LogP contribution is 2.26. The maximum atomic E-state index is 12.3. The van der Waals surface area contributed by atoms with Gasteiger partial charge in [0.1, 0.15) is 19.6 Å². The van der Waals surface area contributed by atoms with Crippen molar-refractivity contribution in [2.45, 2.75) is 9.79 Å². The smallest absolute Gasteiger partial charge is 0.229 e. The summed E-state index contributed by atoms with van der Waals surface area (Å²) in [4.78, 5) is -1.03. The van der Waals surface area contributed by atoms with E-state index in [4.69, 9.17) is 10.7 Å². The summed E-state index contributed by atoms with van der Waals surface area (Å²) in [5.41, 5.74) is 0. The predicted molar refractivity (Wildman–Crippen MR) is 79.0 cm³/mol. The first-order chi connectivity index (χ1) is 9.36. The number of hydrogen-bond donors (Lipinski definition) is 0. The van der Waals surface area contributed by atoms with E-state index in [0.29, 0.717) is 0 Å². The summed E-state index contributed by atoms with van der Waals surface area (Å²) in [7, 11) is -5.38. The SMILES string of the molecule is CN(CCS(C)(=O)=O)S(=O)(=O)c1ccccc1S(=O)(=O)Cl. The number of rotatable bonds is 6. The predicted octanol–water partition coefficient (Wildman–Crippen LogP) is 0.279. The van der Waals surface area contributed by atoms with Gasteiger partial charge < -0.3 is 0 Å². The van der Waals surface area contributed by atoms with Crippen molar-refractivity contribution < 1.29 is 25.3 Å². The van der Waals surface area contributed by atoms with Crippen molar-refractivity contribution >= 4 is 39.6 Å². The minimum absolute atomic E-state index is 0.294. The Kier molecular flexibility index (Phi) is 5.43. The Hall–Kier alpha value is -0.680. The molecular formula is C10H14ClNO6S3. The number of halogens is 1. The zero-order valence-electron chi connectivity index (χ0n) is 11.2. The molecule has 0 bridgehead atoms. The molecule has 1 aromatic rings. The van der Waals surface area contributed by atoms with Crippen LogP contribution in [0.2, 0.25) is 0 Å². The molecule has 0 spiro atoms. The van der Waals surface area contributed by atoms with Gasteiger partial charge in [-0.1, -0.05) is 12.1 Å². The van der Waals surface area contributed by atoms with Gasteiger partial charge in [-0.25, -0.2) is 25.3 Å². The van der Waals surface area contributed by atoms with Gasteiger partial charge in [-0.3, -0.25) is 0 Å². The van der Waals surface area contributed by atoms with E-state index in [2.05, 4.69) is 0 Å². The van der Waals surface area contributed by atoms with Crippen molar-refractivity contribution in [2.75, 3.05) is 25.6 Å². The van der Waals surface area contributed by atoms with E-state index in [1.807, 2.05) is 0 Å². The molecule has 7 nitrogen and oxygen atoms in total. The summed E-state index contributed by atoms with van der Waals surface area (Å²) in [5, 5.41) is 0.